The number of amides is 1. The molecule has 1 aromatic heterocycles. The molecule has 0 unspecified atom stereocenters. The van der Waals surface area contributed by atoms with Gasteiger partial charge in [0.25, 0.3) is 5.91 Å². The number of aliphatic carboxylic acids is 1. The Bertz CT molecular complexity index is 716. The van der Waals surface area contributed by atoms with Gasteiger partial charge in [-0.1, -0.05) is 6.07 Å². The quantitative estimate of drug-likeness (QED) is 0.846. The van der Waals surface area contributed by atoms with E-state index in [1.54, 1.807) is 36.8 Å². The van der Waals surface area contributed by atoms with E-state index in [4.69, 9.17) is 5.11 Å². The van der Waals surface area contributed by atoms with Gasteiger partial charge in [0.1, 0.15) is 12.4 Å². The summed E-state index contributed by atoms with van der Waals surface area (Å²) in [6.45, 7) is -0.273. The van der Waals surface area contributed by atoms with Crippen molar-refractivity contribution in [3.8, 4) is 0 Å². The van der Waals surface area contributed by atoms with E-state index in [0.29, 0.717) is 17.1 Å². The van der Waals surface area contributed by atoms with Gasteiger partial charge in [0.05, 0.1) is 6.20 Å². The number of rotatable bonds is 6. The second-order valence-corrected chi connectivity index (χ2v) is 5.35. The van der Waals surface area contributed by atoms with Crippen molar-refractivity contribution in [1.82, 2.24) is 14.9 Å². The van der Waals surface area contributed by atoms with E-state index in [9.17, 15) is 9.59 Å². The van der Waals surface area contributed by atoms with E-state index in [2.05, 4.69) is 15.3 Å². The maximum atomic E-state index is 12.6. The molecule has 2 aromatic rings. The van der Waals surface area contributed by atoms with Crippen LogP contribution < -0.4 is 5.32 Å². The molecule has 1 saturated carbocycles. The van der Waals surface area contributed by atoms with Crippen LogP contribution in [0.4, 0.5) is 11.5 Å². The van der Waals surface area contributed by atoms with Gasteiger partial charge in [-0.2, -0.15) is 0 Å². The van der Waals surface area contributed by atoms with Crippen LogP contribution in [0.15, 0.2) is 42.9 Å². The number of aromatic nitrogens is 2. The Morgan fingerprint density at radius 1 is 1.30 bits per heavy atom. The smallest absolute Gasteiger partial charge is 0.323 e. The third kappa shape index (κ3) is 3.82. The summed E-state index contributed by atoms with van der Waals surface area (Å²) in [5.74, 6) is -0.696. The highest BCUT2D eigenvalue weighted by atomic mass is 16.4. The fourth-order valence-corrected chi connectivity index (χ4v) is 2.31. The molecule has 1 aliphatic carbocycles. The van der Waals surface area contributed by atoms with Gasteiger partial charge < -0.3 is 15.3 Å². The van der Waals surface area contributed by atoms with Gasteiger partial charge in [-0.25, -0.2) is 4.98 Å². The van der Waals surface area contributed by atoms with Gasteiger partial charge in [0, 0.05) is 29.7 Å². The molecule has 7 heteroatoms. The predicted molar refractivity (Wildman–Crippen MR) is 83.5 cm³/mol. The van der Waals surface area contributed by atoms with E-state index < -0.39 is 5.97 Å². The minimum absolute atomic E-state index is 0.0372. The van der Waals surface area contributed by atoms with E-state index in [1.807, 2.05) is 6.07 Å². The van der Waals surface area contributed by atoms with Crippen LogP contribution in [0.2, 0.25) is 0 Å². The summed E-state index contributed by atoms with van der Waals surface area (Å²) >= 11 is 0. The van der Waals surface area contributed by atoms with Crippen LogP contribution in [0, 0.1) is 0 Å². The molecule has 0 radical (unpaired) electrons. The zero-order chi connectivity index (χ0) is 16.2. The third-order valence-electron chi connectivity index (χ3n) is 3.50. The van der Waals surface area contributed by atoms with Gasteiger partial charge >= 0.3 is 5.97 Å². The zero-order valence-corrected chi connectivity index (χ0v) is 12.3. The predicted octanol–water partition coefficient (Wildman–Crippen LogP) is 1.91. The number of nitrogens with zero attached hydrogens (tertiary/aromatic N) is 3. The first-order valence-corrected chi connectivity index (χ1v) is 7.29. The number of hydrogen-bond donors (Lipinski definition) is 2. The summed E-state index contributed by atoms with van der Waals surface area (Å²) < 4.78 is 0. The van der Waals surface area contributed by atoms with Crippen LogP contribution in [-0.2, 0) is 4.79 Å². The maximum Gasteiger partial charge on any atom is 0.323 e. The number of carboxylic acids is 1. The van der Waals surface area contributed by atoms with Crippen molar-refractivity contribution in [2.24, 2.45) is 0 Å². The molecule has 1 fully saturated rings. The molecule has 1 aliphatic rings. The number of nitrogens with one attached hydrogen (secondary N) is 1. The molecule has 1 amide bonds. The van der Waals surface area contributed by atoms with Crippen LogP contribution in [0.3, 0.4) is 0 Å². The lowest BCUT2D eigenvalue weighted by Crippen LogP contribution is -2.37. The molecule has 2 N–H and O–H groups in total. The normalized spacial score (nSPS) is 13.4. The first-order chi connectivity index (χ1) is 11.1. The summed E-state index contributed by atoms with van der Waals surface area (Å²) in [4.78, 5) is 33.0. The lowest BCUT2D eigenvalue weighted by Gasteiger charge is -2.20. The second kappa shape index (κ2) is 6.43. The topological polar surface area (TPSA) is 95.4 Å². The molecule has 0 saturated heterocycles. The lowest BCUT2D eigenvalue weighted by atomic mass is 10.1. The molecule has 1 heterocycles. The molecule has 118 valence electrons. The van der Waals surface area contributed by atoms with Gasteiger partial charge in [0.2, 0.25) is 0 Å². The van der Waals surface area contributed by atoms with Crippen LogP contribution in [-0.4, -0.2) is 44.4 Å². The van der Waals surface area contributed by atoms with Gasteiger partial charge in [-0.05, 0) is 31.0 Å². The zero-order valence-electron chi connectivity index (χ0n) is 12.3. The molecule has 0 aliphatic heterocycles. The third-order valence-corrected chi connectivity index (χ3v) is 3.50. The lowest BCUT2D eigenvalue weighted by molar-refractivity contribution is -0.137. The Hall–Kier alpha value is -2.96. The van der Waals surface area contributed by atoms with Crippen molar-refractivity contribution in [3.63, 3.8) is 0 Å². The van der Waals surface area contributed by atoms with Crippen LogP contribution in [0.5, 0.6) is 0 Å². The standard InChI is InChI=1S/C16H16N4O3/c21-15(22)10-20(13-4-5-13)16(23)11-2-1-3-12(8-11)19-14-9-17-6-7-18-14/h1-3,6-9,13H,4-5,10H2,(H,18,19)(H,21,22). The first kappa shape index (κ1) is 15.0. The van der Waals surface area contributed by atoms with Crippen molar-refractivity contribution < 1.29 is 14.7 Å². The molecule has 0 bridgehead atoms. The number of benzene rings is 1. The van der Waals surface area contributed by atoms with Crippen molar-refractivity contribution in [2.75, 3.05) is 11.9 Å². The first-order valence-electron chi connectivity index (χ1n) is 7.29. The molecule has 23 heavy (non-hydrogen) atoms. The maximum absolute atomic E-state index is 12.6. The van der Waals surface area contributed by atoms with Crippen molar-refractivity contribution in [2.45, 2.75) is 18.9 Å². The molecule has 0 atom stereocenters. The van der Waals surface area contributed by atoms with Crippen LogP contribution in [0.1, 0.15) is 23.2 Å². The Balaban J connectivity index is 1.78. The SMILES string of the molecule is O=C(O)CN(C(=O)c1cccc(Nc2cnccn2)c1)C1CC1. The highest BCUT2D eigenvalue weighted by Gasteiger charge is 2.34. The number of carbonyl (C=O) groups excluding carboxylic acids is 1. The molecule has 0 spiro atoms. The molecule has 7 nitrogen and oxygen atoms in total. The Labute approximate surface area is 133 Å². The van der Waals surface area contributed by atoms with Crippen molar-refractivity contribution in [1.29, 1.82) is 0 Å². The van der Waals surface area contributed by atoms with E-state index in [1.165, 1.54) is 4.90 Å². The van der Waals surface area contributed by atoms with E-state index in [-0.39, 0.29) is 18.5 Å². The highest BCUT2D eigenvalue weighted by molar-refractivity contribution is 5.97. The fraction of sp³-hybridized carbons (Fsp3) is 0.250. The van der Waals surface area contributed by atoms with E-state index >= 15 is 0 Å². The summed E-state index contributed by atoms with van der Waals surface area (Å²) in [6.07, 6.45) is 6.44. The number of carbonyl (C=O) groups is 2. The fourth-order valence-electron chi connectivity index (χ4n) is 2.31. The average molecular weight is 312 g/mol. The summed E-state index contributed by atoms with van der Waals surface area (Å²) in [5, 5.41) is 12.0. The highest BCUT2D eigenvalue weighted by Crippen LogP contribution is 2.28. The van der Waals surface area contributed by atoms with Gasteiger partial charge in [0.15, 0.2) is 0 Å². The average Bonchev–Trinajstić information content (AvgIpc) is 3.38. The van der Waals surface area contributed by atoms with Crippen LogP contribution in [0.25, 0.3) is 0 Å². The Kier molecular flexibility index (Phi) is 4.18. The van der Waals surface area contributed by atoms with Gasteiger partial charge in [-0.15, -0.1) is 0 Å². The summed E-state index contributed by atoms with van der Waals surface area (Å²) in [5.41, 5.74) is 1.15. The molecular formula is C16H16N4O3. The Morgan fingerprint density at radius 3 is 2.78 bits per heavy atom. The minimum Gasteiger partial charge on any atom is -0.480 e. The summed E-state index contributed by atoms with van der Waals surface area (Å²) in [7, 11) is 0. The molecule has 3 rings (SSSR count). The van der Waals surface area contributed by atoms with E-state index in [0.717, 1.165) is 12.8 Å². The summed E-state index contributed by atoms with van der Waals surface area (Å²) in [6, 6.07) is 6.97. The number of carboxylic acid groups (broad SMARTS) is 1. The number of hydrogen-bond acceptors (Lipinski definition) is 5. The van der Waals surface area contributed by atoms with Crippen molar-refractivity contribution in [3.05, 3.63) is 48.4 Å². The van der Waals surface area contributed by atoms with Gasteiger partial charge in [-0.3, -0.25) is 14.6 Å². The monoisotopic (exact) mass is 312 g/mol. The number of anilines is 2. The largest absolute Gasteiger partial charge is 0.480 e. The van der Waals surface area contributed by atoms with Crippen molar-refractivity contribution >= 4 is 23.4 Å². The molecule has 1 aromatic carbocycles. The minimum atomic E-state index is -1.00. The van der Waals surface area contributed by atoms with Crippen LogP contribution >= 0.6 is 0 Å². The molecular weight excluding hydrogens is 296 g/mol. The second-order valence-electron chi connectivity index (χ2n) is 5.35. The Morgan fingerprint density at radius 2 is 2.13 bits per heavy atom.